The molecule has 0 aromatic heterocycles. The number of ether oxygens (including phenoxy) is 1. The van der Waals surface area contributed by atoms with E-state index in [0.29, 0.717) is 0 Å². The van der Waals surface area contributed by atoms with Crippen LogP contribution in [0.15, 0.2) is 18.2 Å². The van der Waals surface area contributed by atoms with Gasteiger partial charge in [0.1, 0.15) is 11.9 Å². The number of hydrogen-bond acceptors (Lipinski definition) is 4. The van der Waals surface area contributed by atoms with Crippen LogP contribution in [0, 0.1) is 5.82 Å². The normalized spacial score (nSPS) is 11.9. The fourth-order valence-electron chi connectivity index (χ4n) is 1.40. The topological polar surface area (TPSA) is 89.6 Å². The molecule has 6 heteroatoms. The number of carboxylic acids is 1. The summed E-state index contributed by atoms with van der Waals surface area (Å²) in [4.78, 5) is 22.0. The van der Waals surface area contributed by atoms with E-state index in [9.17, 15) is 14.0 Å². The number of benzene rings is 1. The van der Waals surface area contributed by atoms with Gasteiger partial charge in [-0.15, -0.1) is 0 Å². The number of aromatic carboxylic acids is 1. The van der Waals surface area contributed by atoms with E-state index in [4.69, 9.17) is 10.8 Å². The third-order valence-electron chi connectivity index (χ3n) is 2.25. The summed E-state index contributed by atoms with van der Waals surface area (Å²) in [6.07, 6.45) is -0.0193. The van der Waals surface area contributed by atoms with Crippen LogP contribution in [-0.2, 0) is 16.0 Å². The van der Waals surface area contributed by atoms with Crippen LogP contribution in [0.25, 0.3) is 0 Å². The molecule has 0 amide bonds. The first kappa shape index (κ1) is 13.1. The van der Waals surface area contributed by atoms with Crippen molar-refractivity contribution in [1.29, 1.82) is 0 Å². The Morgan fingerprint density at radius 1 is 1.53 bits per heavy atom. The van der Waals surface area contributed by atoms with E-state index >= 15 is 0 Å². The summed E-state index contributed by atoms with van der Waals surface area (Å²) in [6.45, 7) is 0. The van der Waals surface area contributed by atoms with Gasteiger partial charge in [-0.05, 0) is 24.1 Å². The van der Waals surface area contributed by atoms with Gasteiger partial charge < -0.3 is 15.6 Å². The van der Waals surface area contributed by atoms with Crippen LogP contribution in [0.3, 0.4) is 0 Å². The van der Waals surface area contributed by atoms with Crippen molar-refractivity contribution in [2.45, 2.75) is 12.5 Å². The number of rotatable bonds is 4. The van der Waals surface area contributed by atoms with Crippen molar-refractivity contribution < 1.29 is 23.8 Å². The van der Waals surface area contributed by atoms with Gasteiger partial charge in [-0.2, -0.15) is 0 Å². The van der Waals surface area contributed by atoms with Crippen molar-refractivity contribution in [3.63, 3.8) is 0 Å². The molecule has 17 heavy (non-hydrogen) atoms. The molecule has 0 aliphatic heterocycles. The van der Waals surface area contributed by atoms with Gasteiger partial charge in [0.15, 0.2) is 0 Å². The largest absolute Gasteiger partial charge is 0.478 e. The van der Waals surface area contributed by atoms with Crippen molar-refractivity contribution >= 4 is 11.9 Å². The molecule has 0 saturated carbocycles. The molecule has 0 aliphatic rings. The Morgan fingerprint density at radius 2 is 2.18 bits per heavy atom. The van der Waals surface area contributed by atoms with Crippen LogP contribution in [0.2, 0.25) is 0 Å². The predicted molar refractivity (Wildman–Crippen MR) is 57.1 cm³/mol. The monoisotopic (exact) mass is 241 g/mol. The van der Waals surface area contributed by atoms with Crippen molar-refractivity contribution in [2.24, 2.45) is 5.73 Å². The van der Waals surface area contributed by atoms with E-state index < -0.39 is 23.8 Å². The fourth-order valence-corrected chi connectivity index (χ4v) is 1.40. The van der Waals surface area contributed by atoms with Crippen LogP contribution < -0.4 is 5.73 Å². The predicted octanol–water partition coefficient (Wildman–Crippen LogP) is 0.567. The summed E-state index contributed by atoms with van der Waals surface area (Å²) in [6, 6.07) is 2.33. The van der Waals surface area contributed by atoms with Gasteiger partial charge in [0, 0.05) is 0 Å². The molecule has 92 valence electrons. The van der Waals surface area contributed by atoms with E-state index in [2.05, 4.69) is 4.74 Å². The molecule has 1 atom stereocenters. The number of carbonyl (C=O) groups is 2. The average molecular weight is 241 g/mol. The molecule has 0 fully saturated rings. The van der Waals surface area contributed by atoms with Gasteiger partial charge in [-0.25, -0.2) is 9.18 Å². The van der Waals surface area contributed by atoms with Gasteiger partial charge >= 0.3 is 11.9 Å². The Hall–Kier alpha value is -1.95. The number of halogens is 1. The molecule has 0 heterocycles. The maximum atomic E-state index is 12.9. The summed E-state index contributed by atoms with van der Waals surface area (Å²) in [7, 11) is 1.19. The zero-order valence-electron chi connectivity index (χ0n) is 9.14. The van der Waals surface area contributed by atoms with Crippen LogP contribution >= 0.6 is 0 Å². The maximum absolute atomic E-state index is 12.9. The first-order valence-corrected chi connectivity index (χ1v) is 4.81. The van der Waals surface area contributed by atoms with Gasteiger partial charge in [0.05, 0.1) is 12.7 Å². The molecule has 1 rings (SSSR count). The van der Waals surface area contributed by atoms with Crippen molar-refractivity contribution in [3.05, 3.63) is 35.1 Å². The number of nitrogens with two attached hydrogens (primary N) is 1. The highest BCUT2D eigenvalue weighted by Gasteiger charge is 2.18. The molecular formula is C11H12FNO4. The summed E-state index contributed by atoms with van der Waals surface area (Å²) < 4.78 is 17.3. The second-order valence-electron chi connectivity index (χ2n) is 3.44. The number of hydrogen-bond donors (Lipinski definition) is 2. The van der Waals surface area contributed by atoms with Crippen LogP contribution in [0.1, 0.15) is 15.9 Å². The molecule has 0 radical (unpaired) electrons. The third-order valence-corrected chi connectivity index (χ3v) is 2.25. The molecule has 0 saturated heterocycles. The number of methoxy groups -OCH3 is 1. The quantitative estimate of drug-likeness (QED) is 0.752. The standard InChI is InChI=1S/C11H12FNO4/c1-17-11(16)9(13)4-6-2-3-7(12)5-8(6)10(14)15/h2-3,5,9H,4,13H2,1H3,(H,14,15)/t9-/m0/s1. The molecular weight excluding hydrogens is 229 g/mol. The summed E-state index contributed by atoms with van der Waals surface area (Å²) in [5.41, 5.74) is 5.59. The minimum atomic E-state index is -1.27. The van der Waals surface area contributed by atoms with Crippen molar-refractivity contribution in [3.8, 4) is 0 Å². The first-order chi connectivity index (χ1) is 7.95. The smallest absolute Gasteiger partial charge is 0.336 e. The fraction of sp³-hybridized carbons (Fsp3) is 0.273. The maximum Gasteiger partial charge on any atom is 0.336 e. The highest BCUT2D eigenvalue weighted by molar-refractivity contribution is 5.89. The number of carbonyl (C=O) groups excluding carboxylic acids is 1. The van der Waals surface area contributed by atoms with Crippen molar-refractivity contribution in [1.82, 2.24) is 0 Å². The van der Waals surface area contributed by atoms with Gasteiger partial charge in [0.2, 0.25) is 0 Å². The van der Waals surface area contributed by atoms with Crippen LogP contribution in [0.4, 0.5) is 4.39 Å². The minimum Gasteiger partial charge on any atom is -0.478 e. The van der Waals surface area contributed by atoms with Gasteiger partial charge in [-0.1, -0.05) is 6.07 Å². The molecule has 0 spiro atoms. The molecule has 0 unspecified atom stereocenters. The molecule has 0 aliphatic carbocycles. The first-order valence-electron chi connectivity index (χ1n) is 4.81. The van der Waals surface area contributed by atoms with Gasteiger partial charge in [-0.3, -0.25) is 4.79 Å². The second kappa shape index (κ2) is 5.40. The Kier molecular flexibility index (Phi) is 4.17. The summed E-state index contributed by atoms with van der Waals surface area (Å²) >= 11 is 0. The average Bonchev–Trinajstić information content (AvgIpc) is 2.29. The molecule has 0 bridgehead atoms. The lowest BCUT2D eigenvalue weighted by Gasteiger charge is -2.11. The van der Waals surface area contributed by atoms with Crippen LogP contribution in [0.5, 0.6) is 0 Å². The lowest BCUT2D eigenvalue weighted by molar-refractivity contribution is -0.142. The van der Waals surface area contributed by atoms with E-state index in [1.807, 2.05) is 0 Å². The third kappa shape index (κ3) is 3.25. The van der Waals surface area contributed by atoms with Crippen LogP contribution in [-0.4, -0.2) is 30.2 Å². The molecule has 1 aromatic carbocycles. The van der Waals surface area contributed by atoms with E-state index in [-0.39, 0.29) is 17.5 Å². The zero-order valence-corrected chi connectivity index (χ0v) is 9.14. The Morgan fingerprint density at radius 3 is 2.71 bits per heavy atom. The van der Waals surface area contributed by atoms with Gasteiger partial charge in [0.25, 0.3) is 0 Å². The SMILES string of the molecule is COC(=O)[C@@H](N)Cc1ccc(F)cc1C(=O)O. The zero-order chi connectivity index (χ0) is 13.0. The second-order valence-corrected chi connectivity index (χ2v) is 3.44. The van der Waals surface area contributed by atoms with E-state index in [0.717, 1.165) is 12.1 Å². The van der Waals surface area contributed by atoms with E-state index in [1.165, 1.54) is 13.2 Å². The highest BCUT2D eigenvalue weighted by atomic mass is 19.1. The lowest BCUT2D eigenvalue weighted by Crippen LogP contribution is -2.34. The summed E-state index contributed by atoms with van der Waals surface area (Å²) in [5, 5.41) is 8.88. The highest BCUT2D eigenvalue weighted by Crippen LogP contribution is 2.13. The number of carboxylic acid groups (broad SMARTS) is 1. The molecule has 1 aromatic rings. The molecule has 3 N–H and O–H groups in total. The van der Waals surface area contributed by atoms with Crippen molar-refractivity contribution in [2.75, 3.05) is 7.11 Å². The Labute approximate surface area is 97.0 Å². The minimum absolute atomic E-state index is 0.0193. The Bertz CT molecular complexity index is 447. The van der Waals surface area contributed by atoms with E-state index in [1.54, 1.807) is 0 Å². The Balaban J connectivity index is 2.98. The summed E-state index contributed by atoms with van der Waals surface area (Å²) in [5.74, 6) is -2.57. The molecule has 5 nitrogen and oxygen atoms in total. The lowest BCUT2D eigenvalue weighted by atomic mass is 10.0. The number of esters is 1.